The second kappa shape index (κ2) is 9.64. The molecular weight excluding hydrogens is 264 g/mol. The highest BCUT2D eigenvalue weighted by atomic mass is 35.5. The van der Waals surface area contributed by atoms with Crippen LogP contribution < -0.4 is 15.8 Å². The molecule has 0 aliphatic carbocycles. The molecule has 0 aromatic heterocycles. The summed E-state index contributed by atoms with van der Waals surface area (Å²) in [6.07, 6.45) is 2.06. The molecule has 3 N–H and O–H groups in total. The summed E-state index contributed by atoms with van der Waals surface area (Å²) >= 11 is 0. The smallest absolute Gasteiger partial charge is 0.220 e. The number of halogens is 1. The Bertz CT molecular complexity index is 397. The van der Waals surface area contributed by atoms with E-state index in [1.54, 1.807) is 7.11 Å². The van der Waals surface area contributed by atoms with Crippen molar-refractivity contribution in [1.82, 2.24) is 5.32 Å². The van der Waals surface area contributed by atoms with Crippen LogP contribution in [0.2, 0.25) is 0 Å². The minimum absolute atomic E-state index is 0. The molecule has 4 nitrogen and oxygen atoms in total. The van der Waals surface area contributed by atoms with Crippen LogP contribution in [-0.2, 0) is 11.2 Å². The quantitative estimate of drug-likeness (QED) is 0.804. The van der Waals surface area contributed by atoms with Crippen LogP contribution in [0.1, 0.15) is 24.0 Å². The van der Waals surface area contributed by atoms with Crippen LogP contribution in [0, 0.1) is 6.92 Å². The fourth-order valence-electron chi connectivity index (χ4n) is 1.72. The van der Waals surface area contributed by atoms with Gasteiger partial charge in [-0.25, -0.2) is 0 Å². The van der Waals surface area contributed by atoms with Gasteiger partial charge in [-0.15, -0.1) is 12.4 Å². The molecule has 0 fully saturated rings. The summed E-state index contributed by atoms with van der Waals surface area (Å²) in [6, 6.07) is 6.11. The van der Waals surface area contributed by atoms with E-state index in [-0.39, 0.29) is 18.3 Å². The maximum absolute atomic E-state index is 11.4. The van der Waals surface area contributed by atoms with E-state index in [4.69, 9.17) is 10.5 Å². The highest BCUT2D eigenvalue weighted by Crippen LogP contribution is 2.18. The number of methoxy groups -OCH3 is 1. The first-order valence-corrected chi connectivity index (χ1v) is 6.27. The van der Waals surface area contributed by atoms with Gasteiger partial charge < -0.3 is 15.8 Å². The van der Waals surface area contributed by atoms with Crippen molar-refractivity contribution >= 4 is 18.3 Å². The van der Waals surface area contributed by atoms with Gasteiger partial charge in [-0.05, 0) is 43.5 Å². The van der Waals surface area contributed by atoms with Gasteiger partial charge in [0.25, 0.3) is 0 Å². The van der Waals surface area contributed by atoms with Crippen molar-refractivity contribution in [3.05, 3.63) is 29.3 Å². The van der Waals surface area contributed by atoms with E-state index in [0.29, 0.717) is 19.5 Å². The lowest BCUT2D eigenvalue weighted by molar-refractivity contribution is -0.121. The number of hydrogen-bond acceptors (Lipinski definition) is 3. The van der Waals surface area contributed by atoms with Gasteiger partial charge in [0.2, 0.25) is 5.91 Å². The highest BCUT2D eigenvalue weighted by molar-refractivity contribution is 5.85. The van der Waals surface area contributed by atoms with Crippen molar-refractivity contribution in [2.24, 2.45) is 5.73 Å². The van der Waals surface area contributed by atoms with Crippen molar-refractivity contribution in [1.29, 1.82) is 0 Å². The van der Waals surface area contributed by atoms with Gasteiger partial charge in [0.05, 0.1) is 7.11 Å². The molecule has 1 rings (SSSR count). The Labute approximate surface area is 121 Å². The Morgan fingerprint density at radius 3 is 2.79 bits per heavy atom. The molecule has 108 valence electrons. The van der Waals surface area contributed by atoms with E-state index in [0.717, 1.165) is 29.7 Å². The Morgan fingerprint density at radius 2 is 2.16 bits per heavy atom. The summed E-state index contributed by atoms with van der Waals surface area (Å²) in [5.74, 6) is 0.960. The summed E-state index contributed by atoms with van der Waals surface area (Å²) in [7, 11) is 1.67. The molecule has 0 saturated heterocycles. The Hall–Kier alpha value is -1.26. The van der Waals surface area contributed by atoms with Crippen molar-refractivity contribution < 1.29 is 9.53 Å². The maximum atomic E-state index is 11.4. The topological polar surface area (TPSA) is 64.3 Å². The lowest BCUT2D eigenvalue weighted by Crippen LogP contribution is -2.26. The largest absolute Gasteiger partial charge is 0.496 e. The number of ether oxygens (including phenoxy) is 1. The van der Waals surface area contributed by atoms with Crippen LogP contribution >= 0.6 is 12.4 Å². The lowest BCUT2D eigenvalue weighted by atomic mass is 10.1. The zero-order valence-electron chi connectivity index (χ0n) is 11.6. The van der Waals surface area contributed by atoms with E-state index in [1.165, 1.54) is 0 Å². The van der Waals surface area contributed by atoms with Gasteiger partial charge in [0, 0.05) is 13.0 Å². The van der Waals surface area contributed by atoms with Gasteiger partial charge >= 0.3 is 0 Å². The molecule has 0 bridgehead atoms. The molecule has 5 heteroatoms. The first kappa shape index (κ1) is 17.7. The monoisotopic (exact) mass is 286 g/mol. The standard InChI is InChI=1S/C14H22N2O2.ClH/c1-11-5-6-12(10-13(11)18-2)7-9-16-14(17)4-3-8-15;/h5-6,10H,3-4,7-9,15H2,1-2H3,(H,16,17);1H. The summed E-state index contributed by atoms with van der Waals surface area (Å²) in [6.45, 7) is 3.22. The van der Waals surface area contributed by atoms with Gasteiger partial charge in [0.15, 0.2) is 0 Å². The predicted molar refractivity (Wildman–Crippen MR) is 80.0 cm³/mol. The third kappa shape index (κ3) is 6.45. The molecule has 19 heavy (non-hydrogen) atoms. The van der Waals surface area contributed by atoms with E-state index >= 15 is 0 Å². The number of rotatable bonds is 7. The molecule has 0 atom stereocenters. The molecule has 1 amide bonds. The molecular formula is C14H23ClN2O2. The number of carbonyl (C=O) groups excluding carboxylic acids is 1. The zero-order chi connectivity index (χ0) is 13.4. The fraction of sp³-hybridized carbons (Fsp3) is 0.500. The molecule has 0 radical (unpaired) electrons. The average molecular weight is 287 g/mol. The second-order valence-corrected chi connectivity index (χ2v) is 4.30. The summed E-state index contributed by atoms with van der Waals surface area (Å²) < 4.78 is 5.26. The number of aryl methyl sites for hydroxylation is 1. The molecule has 0 saturated carbocycles. The molecule has 1 aromatic carbocycles. The van der Waals surface area contributed by atoms with Gasteiger partial charge in [-0.3, -0.25) is 4.79 Å². The number of amides is 1. The molecule has 0 spiro atoms. The number of nitrogens with two attached hydrogens (primary N) is 1. The van der Waals surface area contributed by atoms with Crippen LogP contribution in [0.5, 0.6) is 5.75 Å². The van der Waals surface area contributed by atoms with Gasteiger partial charge in [-0.1, -0.05) is 12.1 Å². The molecule has 0 aliphatic rings. The molecule has 0 heterocycles. The third-order valence-electron chi connectivity index (χ3n) is 2.82. The number of benzene rings is 1. The minimum atomic E-state index is 0. The first-order chi connectivity index (χ1) is 8.67. The van der Waals surface area contributed by atoms with E-state index in [9.17, 15) is 4.79 Å². The van der Waals surface area contributed by atoms with Crippen LogP contribution in [0.4, 0.5) is 0 Å². The maximum Gasteiger partial charge on any atom is 0.220 e. The van der Waals surface area contributed by atoms with E-state index < -0.39 is 0 Å². The third-order valence-corrected chi connectivity index (χ3v) is 2.82. The Kier molecular flexibility index (Phi) is 9.00. The second-order valence-electron chi connectivity index (χ2n) is 4.30. The molecule has 0 aliphatic heterocycles. The predicted octanol–water partition coefficient (Wildman–Crippen LogP) is 1.82. The number of hydrogen-bond donors (Lipinski definition) is 2. The lowest BCUT2D eigenvalue weighted by Gasteiger charge is -2.08. The Balaban J connectivity index is 0.00000324. The molecule has 0 unspecified atom stereocenters. The summed E-state index contributed by atoms with van der Waals surface area (Å²) in [5.41, 5.74) is 7.63. The Morgan fingerprint density at radius 1 is 1.42 bits per heavy atom. The summed E-state index contributed by atoms with van der Waals surface area (Å²) in [5, 5.41) is 2.88. The highest BCUT2D eigenvalue weighted by Gasteiger charge is 2.02. The average Bonchev–Trinajstić information content (AvgIpc) is 2.38. The first-order valence-electron chi connectivity index (χ1n) is 6.27. The van der Waals surface area contributed by atoms with Crippen LogP contribution in [0.15, 0.2) is 18.2 Å². The van der Waals surface area contributed by atoms with E-state index in [1.807, 2.05) is 19.1 Å². The summed E-state index contributed by atoms with van der Waals surface area (Å²) in [4.78, 5) is 11.4. The minimum Gasteiger partial charge on any atom is -0.496 e. The van der Waals surface area contributed by atoms with Crippen LogP contribution in [0.25, 0.3) is 0 Å². The molecule has 1 aromatic rings. The van der Waals surface area contributed by atoms with Gasteiger partial charge in [0.1, 0.15) is 5.75 Å². The number of carbonyl (C=O) groups is 1. The van der Waals surface area contributed by atoms with Crippen molar-refractivity contribution in [3.63, 3.8) is 0 Å². The normalized spacial score (nSPS) is 9.63. The SMILES string of the molecule is COc1cc(CCNC(=O)CCCN)ccc1C.Cl. The van der Waals surface area contributed by atoms with Crippen LogP contribution in [-0.4, -0.2) is 26.1 Å². The van der Waals surface area contributed by atoms with E-state index in [2.05, 4.69) is 11.4 Å². The fourth-order valence-corrected chi connectivity index (χ4v) is 1.72. The van der Waals surface area contributed by atoms with Crippen molar-refractivity contribution in [3.8, 4) is 5.75 Å². The van der Waals surface area contributed by atoms with Crippen molar-refractivity contribution in [2.75, 3.05) is 20.2 Å². The van der Waals surface area contributed by atoms with Gasteiger partial charge in [-0.2, -0.15) is 0 Å². The number of nitrogens with one attached hydrogen (secondary N) is 1. The van der Waals surface area contributed by atoms with Crippen molar-refractivity contribution in [2.45, 2.75) is 26.2 Å². The van der Waals surface area contributed by atoms with Crippen LogP contribution in [0.3, 0.4) is 0 Å². The zero-order valence-corrected chi connectivity index (χ0v) is 12.4.